The van der Waals surface area contributed by atoms with Crippen molar-refractivity contribution in [1.82, 2.24) is 5.32 Å². The number of nitrogens with zero attached hydrogens (tertiary/aromatic N) is 1. The van der Waals surface area contributed by atoms with Gasteiger partial charge in [0.25, 0.3) is 5.91 Å². The van der Waals surface area contributed by atoms with E-state index < -0.39 is 24.0 Å². The summed E-state index contributed by atoms with van der Waals surface area (Å²) in [7, 11) is 0. The quantitative estimate of drug-likeness (QED) is 0.782. The SMILES string of the molecule is Cc1cccc(N(C(=O)C(F)(F)F)[C@H](C(=O)NC2CCCCC2)c2ccco2)c1. The number of anilines is 1. The van der Waals surface area contributed by atoms with Crippen molar-refractivity contribution in [2.75, 3.05) is 4.90 Å². The van der Waals surface area contributed by atoms with E-state index in [9.17, 15) is 22.8 Å². The molecule has 1 N–H and O–H groups in total. The third-order valence-corrected chi connectivity index (χ3v) is 5.01. The number of halogens is 3. The maximum absolute atomic E-state index is 13.5. The lowest BCUT2D eigenvalue weighted by molar-refractivity contribution is -0.171. The van der Waals surface area contributed by atoms with Gasteiger partial charge in [-0.2, -0.15) is 13.2 Å². The second-order valence-corrected chi connectivity index (χ2v) is 7.27. The molecule has 0 aliphatic heterocycles. The Labute approximate surface area is 166 Å². The summed E-state index contributed by atoms with van der Waals surface area (Å²) in [6.07, 6.45) is 0.583. The van der Waals surface area contributed by atoms with E-state index in [0.29, 0.717) is 10.5 Å². The normalized spacial score (nSPS) is 16.3. The van der Waals surface area contributed by atoms with Gasteiger partial charge in [-0.1, -0.05) is 31.4 Å². The number of hydrogen-bond donors (Lipinski definition) is 1. The molecule has 29 heavy (non-hydrogen) atoms. The summed E-state index contributed by atoms with van der Waals surface area (Å²) >= 11 is 0. The van der Waals surface area contributed by atoms with Crippen molar-refractivity contribution in [2.45, 2.75) is 57.3 Å². The topological polar surface area (TPSA) is 62.6 Å². The summed E-state index contributed by atoms with van der Waals surface area (Å²) in [4.78, 5) is 26.0. The number of carbonyl (C=O) groups is 2. The molecule has 0 radical (unpaired) electrons. The van der Waals surface area contributed by atoms with Crippen LogP contribution in [0.5, 0.6) is 0 Å². The Hall–Kier alpha value is -2.77. The summed E-state index contributed by atoms with van der Waals surface area (Å²) in [5.41, 5.74) is 0.640. The predicted molar refractivity (Wildman–Crippen MR) is 101 cm³/mol. The number of rotatable bonds is 5. The molecule has 2 aromatic rings. The fraction of sp³-hybridized carbons (Fsp3) is 0.429. The number of hydrogen-bond acceptors (Lipinski definition) is 3. The van der Waals surface area contributed by atoms with Crippen LogP contribution in [-0.4, -0.2) is 24.0 Å². The van der Waals surface area contributed by atoms with Gasteiger partial charge >= 0.3 is 12.1 Å². The third-order valence-electron chi connectivity index (χ3n) is 5.01. The fourth-order valence-corrected chi connectivity index (χ4v) is 3.65. The molecular formula is C21H23F3N2O3. The Balaban J connectivity index is 2.02. The molecule has 1 fully saturated rings. The van der Waals surface area contributed by atoms with Gasteiger partial charge in [-0.05, 0) is 49.6 Å². The maximum atomic E-state index is 13.5. The molecule has 3 rings (SSSR count). The number of amides is 2. The molecule has 2 amide bonds. The van der Waals surface area contributed by atoms with Crippen LogP contribution in [0.3, 0.4) is 0 Å². The first-order valence-electron chi connectivity index (χ1n) is 9.58. The van der Waals surface area contributed by atoms with Gasteiger partial charge in [0.05, 0.1) is 6.26 Å². The summed E-state index contributed by atoms with van der Waals surface area (Å²) in [6, 6.07) is 7.23. The van der Waals surface area contributed by atoms with E-state index in [1.807, 2.05) is 0 Å². The second kappa shape index (κ2) is 8.71. The lowest BCUT2D eigenvalue weighted by Crippen LogP contribution is -2.50. The van der Waals surface area contributed by atoms with Gasteiger partial charge in [0.15, 0.2) is 6.04 Å². The van der Waals surface area contributed by atoms with Crippen LogP contribution < -0.4 is 10.2 Å². The van der Waals surface area contributed by atoms with Crippen molar-refractivity contribution in [3.05, 3.63) is 54.0 Å². The minimum Gasteiger partial charge on any atom is -0.467 e. The van der Waals surface area contributed by atoms with E-state index >= 15 is 0 Å². The van der Waals surface area contributed by atoms with E-state index in [4.69, 9.17) is 4.42 Å². The average Bonchev–Trinajstić information content (AvgIpc) is 3.19. The van der Waals surface area contributed by atoms with Crippen molar-refractivity contribution in [3.8, 4) is 0 Å². The van der Waals surface area contributed by atoms with E-state index in [2.05, 4.69) is 5.32 Å². The molecular weight excluding hydrogens is 385 g/mol. The fourth-order valence-electron chi connectivity index (χ4n) is 3.65. The molecule has 0 bridgehead atoms. The van der Waals surface area contributed by atoms with Gasteiger partial charge in [0, 0.05) is 11.7 Å². The molecule has 0 spiro atoms. The number of nitrogens with one attached hydrogen (secondary N) is 1. The van der Waals surface area contributed by atoms with Crippen molar-refractivity contribution < 1.29 is 27.2 Å². The maximum Gasteiger partial charge on any atom is 0.471 e. The van der Waals surface area contributed by atoms with Gasteiger partial charge in [-0.3, -0.25) is 14.5 Å². The van der Waals surface area contributed by atoms with Crippen molar-refractivity contribution in [3.63, 3.8) is 0 Å². The van der Waals surface area contributed by atoms with Crippen LogP contribution >= 0.6 is 0 Å². The molecule has 0 saturated heterocycles. The second-order valence-electron chi connectivity index (χ2n) is 7.27. The lowest BCUT2D eigenvalue weighted by atomic mass is 9.95. The number of alkyl halides is 3. The van der Waals surface area contributed by atoms with Gasteiger partial charge in [-0.15, -0.1) is 0 Å². The van der Waals surface area contributed by atoms with Crippen LogP contribution in [0.15, 0.2) is 47.1 Å². The summed E-state index contributed by atoms with van der Waals surface area (Å²) in [5.74, 6) is -2.84. The average molecular weight is 408 g/mol. The predicted octanol–water partition coefficient (Wildman–Crippen LogP) is 4.67. The monoisotopic (exact) mass is 408 g/mol. The Morgan fingerprint density at radius 2 is 1.86 bits per heavy atom. The van der Waals surface area contributed by atoms with E-state index in [1.165, 1.54) is 30.5 Å². The number of carbonyl (C=O) groups excluding carboxylic acids is 2. The molecule has 1 aliphatic carbocycles. The zero-order chi connectivity index (χ0) is 21.0. The largest absolute Gasteiger partial charge is 0.471 e. The van der Waals surface area contributed by atoms with E-state index in [0.717, 1.165) is 32.1 Å². The third kappa shape index (κ3) is 4.99. The number of aryl methyl sites for hydroxylation is 1. The lowest BCUT2D eigenvalue weighted by Gasteiger charge is -2.32. The Morgan fingerprint density at radius 3 is 2.45 bits per heavy atom. The van der Waals surface area contributed by atoms with Crippen LogP contribution in [0.2, 0.25) is 0 Å². The van der Waals surface area contributed by atoms with E-state index in [1.54, 1.807) is 19.1 Å². The minimum atomic E-state index is -5.15. The van der Waals surface area contributed by atoms with E-state index in [-0.39, 0.29) is 17.5 Å². The van der Waals surface area contributed by atoms with Crippen LogP contribution in [-0.2, 0) is 9.59 Å². The highest BCUT2D eigenvalue weighted by Crippen LogP contribution is 2.33. The summed E-state index contributed by atoms with van der Waals surface area (Å²) in [6.45, 7) is 1.70. The Morgan fingerprint density at radius 1 is 1.14 bits per heavy atom. The Bertz CT molecular complexity index is 843. The minimum absolute atomic E-state index is 0.0208. The highest BCUT2D eigenvalue weighted by atomic mass is 19.4. The molecule has 1 aliphatic rings. The molecule has 0 unspecified atom stereocenters. The molecule has 1 aromatic carbocycles. The molecule has 1 heterocycles. The number of benzene rings is 1. The van der Waals surface area contributed by atoms with Gasteiger partial charge < -0.3 is 9.73 Å². The highest BCUT2D eigenvalue weighted by Gasteiger charge is 2.48. The van der Waals surface area contributed by atoms with Crippen LogP contribution in [0.25, 0.3) is 0 Å². The zero-order valence-corrected chi connectivity index (χ0v) is 16.0. The number of furan rings is 1. The first-order chi connectivity index (χ1) is 13.8. The van der Waals surface area contributed by atoms with Crippen LogP contribution in [0.4, 0.5) is 18.9 Å². The van der Waals surface area contributed by atoms with Crippen LogP contribution in [0, 0.1) is 6.92 Å². The van der Waals surface area contributed by atoms with Gasteiger partial charge in [-0.25, -0.2) is 0 Å². The molecule has 5 nitrogen and oxygen atoms in total. The zero-order valence-electron chi connectivity index (χ0n) is 16.0. The standard InChI is InChI=1S/C21H23F3N2O3/c1-14-7-5-10-16(13-14)26(20(28)21(22,23)24)18(17-11-6-12-29-17)19(27)25-15-8-3-2-4-9-15/h5-7,10-13,15,18H,2-4,8-9H2,1H3,(H,25,27)/t18-/m0/s1. The van der Waals surface area contributed by atoms with Crippen molar-refractivity contribution in [1.29, 1.82) is 0 Å². The van der Waals surface area contributed by atoms with Gasteiger partial charge in [0.1, 0.15) is 5.76 Å². The summed E-state index contributed by atoms with van der Waals surface area (Å²) < 4.78 is 45.6. The summed E-state index contributed by atoms with van der Waals surface area (Å²) in [5, 5.41) is 2.82. The molecule has 1 saturated carbocycles. The van der Waals surface area contributed by atoms with Gasteiger partial charge in [0.2, 0.25) is 0 Å². The first-order valence-corrected chi connectivity index (χ1v) is 9.58. The van der Waals surface area contributed by atoms with Crippen LogP contribution in [0.1, 0.15) is 49.5 Å². The smallest absolute Gasteiger partial charge is 0.467 e. The molecule has 156 valence electrons. The van der Waals surface area contributed by atoms with Crippen molar-refractivity contribution >= 4 is 17.5 Å². The molecule has 8 heteroatoms. The van der Waals surface area contributed by atoms with Crippen molar-refractivity contribution in [2.24, 2.45) is 0 Å². The molecule has 1 aromatic heterocycles. The highest BCUT2D eigenvalue weighted by molar-refractivity contribution is 6.03. The first kappa shape index (κ1) is 21.0. The molecule has 1 atom stereocenters. The Kier molecular flexibility index (Phi) is 6.30.